The van der Waals surface area contributed by atoms with Gasteiger partial charge in [0.05, 0.1) is 17.7 Å². The van der Waals surface area contributed by atoms with Crippen LogP contribution in [0.15, 0.2) is 60.7 Å². The van der Waals surface area contributed by atoms with Gasteiger partial charge in [0.15, 0.2) is 11.5 Å². The van der Waals surface area contributed by atoms with Crippen LogP contribution in [-0.4, -0.2) is 18.2 Å². The number of anilines is 1. The second-order valence-corrected chi connectivity index (χ2v) is 7.03. The first-order valence-electron chi connectivity index (χ1n) is 8.77. The molecule has 0 aliphatic rings. The third kappa shape index (κ3) is 5.34. The van der Waals surface area contributed by atoms with E-state index in [2.05, 4.69) is 5.32 Å². The number of halogens is 2. The highest BCUT2D eigenvalue weighted by molar-refractivity contribution is 6.33. The van der Waals surface area contributed by atoms with E-state index in [9.17, 15) is 4.79 Å². The van der Waals surface area contributed by atoms with E-state index in [0.29, 0.717) is 29.7 Å². The Morgan fingerprint density at radius 3 is 2.48 bits per heavy atom. The van der Waals surface area contributed by atoms with Crippen molar-refractivity contribution < 1.29 is 19.4 Å². The number of methoxy groups -OCH3 is 1. The van der Waals surface area contributed by atoms with Crippen molar-refractivity contribution >= 4 is 34.9 Å². The summed E-state index contributed by atoms with van der Waals surface area (Å²) >= 11 is 12.2. The summed E-state index contributed by atoms with van der Waals surface area (Å²) in [6.07, 6.45) is 0. The van der Waals surface area contributed by atoms with Crippen molar-refractivity contribution in [2.45, 2.75) is 13.2 Å². The number of ether oxygens (including phenoxy) is 2. The number of rotatable bonds is 8. The standard InChI is InChI=1S/C22H19Cl2NO4/c1-28-21-10-14(12-25-16-7-8-17(22(26)27)19(24)11-16)6-9-20(21)29-13-15-4-2-3-5-18(15)23/h2-11,25H,12-13H2,1H3,(H,26,27). The maximum Gasteiger partial charge on any atom is 0.337 e. The Morgan fingerprint density at radius 1 is 1.00 bits per heavy atom. The Hall–Kier alpha value is -2.89. The Morgan fingerprint density at radius 2 is 1.79 bits per heavy atom. The fraction of sp³-hybridized carbons (Fsp3) is 0.136. The van der Waals surface area contributed by atoms with E-state index in [0.717, 1.165) is 16.8 Å². The van der Waals surface area contributed by atoms with Gasteiger partial charge in [-0.1, -0.05) is 47.5 Å². The van der Waals surface area contributed by atoms with Gasteiger partial charge in [-0.3, -0.25) is 0 Å². The molecule has 0 saturated carbocycles. The third-order valence-corrected chi connectivity index (χ3v) is 4.95. The molecule has 0 fully saturated rings. The van der Waals surface area contributed by atoms with Crippen LogP contribution in [0.25, 0.3) is 0 Å². The molecule has 0 spiro atoms. The Kier molecular flexibility index (Phi) is 6.86. The minimum atomic E-state index is -1.06. The molecule has 0 aromatic heterocycles. The zero-order valence-corrected chi connectivity index (χ0v) is 17.1. The van der Waals surface area contributed by atoms with Gasteiger partial charge in [-0.05, 0) is 42.0 Å². The zero-order chi connectivity index (χ0) is 20.8. The molecule has 5 nitrogen and oxygen atoms in total. The Balaban J connectivity index is 1.66. The summed E-state index contributed by atoms with van der Waals surface area (Å²) in [5, 5.41) is 13.1. The quantitative estimate of drug-likeness (QED) is 0.465. The summed E-state index contributed by atoms with van der Waals surface area (Å²) in [7, 11) is 1.58. The van der Waals surface area contributed by atoms with Gasteiger partial charge in [-0.15, -0.1) is 0 Å². The van der Waals surface area contributed by atoms with Crippen molar-refractivity contribution in [1.29, 1.82) is 0 Å². The van der Waals surface area contributed by atoms with Gasteiger partial charge in [0.25, 0.3) is 0 Å². The van der Waals surface area contributed by atoms with Crippen molar-refractivity contribution in [2.24, 2.45) is 0 Å². The van der Waals surface area contributed by atoms with E-state index in [1.807, 2.05) is 42.5 Å². The van der Waals surface area contributed by atoms with Gasteiger partial charge < -0.3 is 19.9 Å². The average molecular weight is 432 g/mol. The Bertz CT molecular complexity index is 1020. The molecule has 0 bridgehead atoms. The van der Waals surface area contributed by atoms with Crippen LogP contribution >= 0.6 is 23.2 Å². The van der Waals surface area contributed by atoms with E-state index >= 15 is 0 Å². The van der Waals surface area contributed by atoms with Crippen molar-refractivity contribution in [1.82, 2.24) is 0 Å². The number of carboxylic acids is 1. The fourth-order valence-corrected chi connectivity index (χ4v) is 3.17. The highest BCUT2D eigenvalue weighted by Crippen LogP contribution is 2.30. The molecule has 29 heavy (non-hydrogen) atoms. The van der Waals surface area contributed by atoms with Crippen molar-refractivity contribution in [2.75, 3.05) is 12.4 Å². The van der Waals surface area contributed by atoms with Crippen LogP contribution in [0.5, 0.6) is 11.5 Å². The largest absolute Gasteiger partial charge is 0.493 e. The smallest absolute Gasteiger partial charge is 0.337 e. The van der Waals surface area contributed by atoms with E-state index in [4.69, 9.17) is 37.8 Å². The summed E-state index contributed by atoms with van der Waals surface area (Å²) in [4.78, 5) is 11.0. The average Bonchev–Trinajstić information content (AvgIpc) is 2.71. The van der Waals surface area contributed by atoms with Crippen LogP contribution in [-0.2, 0) is 13.2 Å². The topological polar surface area (TPSA) is 67.8 Å². The lowest BCUT2D eigenvalue weighted by Gasteiger charge is -2.14. The third-order valence-electron chi connectivity index (χ3n) is 4.27. The van der Waals surface area contributed by atoms with E-state index in [1.165, 1.54) is 6.07 Å². The number of hydrogen-bond acceptors (Lipinski definition) is 4. The minimum Gasteiger partial charge on any atom is -0.493 e. The number of hydrogen-bond donors (Lipinski definition) is 2. The molecule has 0 aliphatic heterocycles. The van der Waals surface area contributed by atoms with Crippen LogP contribution in [0, 0.1) is 0 Å². The first-order chi connectivity index (χ1) is 14.0. The van der Waals surface area contributed by atoms with Crippen LogP contribution in [0.2, 0.25) is 10.0 Å². The second-order valence-electron chi connectivity index (χ2n) is 6.22. The first-order valence-corrected chi connectivity index (χ1v) is 9.53. The molecule has 0 amide bonds. The van der Waals surface area contributed by atoms with Gasteiger partial charge in [0.2, 0.25) is 0 Å². The summed E-state index contributed by atoms with van der Waals surface area (Å²) in [5.41, 5.74) is 2.64. The molecule has 150 valence electrons. The minimum absolute atomic E-state index is 0.0684. The van der Waals surface area contributed by atoms with Crippen LogP contribution in [0.4, 0.5) is 5.69 Å². The van der Waals surface area contributed by atoms with Gasteiger partial charge in [0.1, 0.15) is 6.61 Å². The molecule has 3 aromatic rings. The molecule has 3 rings (SSSR count). The highest BCUT2D eigenvalue weighted by atomic mass is 35.5. The van der Waals surface area contributed by atoms with Gasteiger partial charge in [0, 0.05) is 22.8 Å². The summed E-state index contributed by atoms with van der Waals surface area (Å²) < 4.78 is 11.3. The SMILES string of the molecule is COc1cc(CNc2ccc(C(=O)O)c(Cl)c2)ccc1OCc1ccccc1Cl. The lowest BCUT2D eigenvalue weighted by Crippen LogP contribution is -2.03. The maximum atomic E-state index is 11.0. The van der Waals surface area contributed by atoms with Gasteiger partial charge >= 0.3 is 5.97 Å². The predicted molar refractivity (Wildman–Crippen MR) is 115 cm³/mol. The summed E-state index contributed by atoms with van der Waals surface area (Å²) in [6, 6.07) is 17.9. The van der Waals surface area contributed by atoms with Crippen LogP contribution < -0.4 is 14.8 Å². The number of carbonyl (C=O) groups is 1. The first kappa shape index (κ1) is 20.8. The van der Waals surface area contributed by atoms with Crippen molar-refractivity contribution in [3.63, 3.8) is 0 Å². The normalized spacial score (nSPS) is 10.4. The van der Waals surface area contributed by atoms with Gasteiger partial charge in [-0.25, -0.2) is 4.79 Å². The van der Waals surface area contributed by atoms with Crippen LogP contribution in [0.1, 0.15) is 21.5 Å². The zero-order valence-electron chi connectivity index (χ0n) is 15.6. The molecule has 0 unspecified atom stereocenters. The lowest BCUT2D eigenvalue weighted by molar-refractivity contribution is 0.0697. The summed E-state index contributed by atoms with van der Waals surface area (Å²) in [6.45, 7) is 0.839. The summed E-state index contributed by atoms with van der Waals surface area (Å²) in [5.74, 6) is 0.166. The number of benzene rings is 3. The number of nitrogens with one attached hydrogen (secondary N) is 1. The van der Waals surface area contributed by atoms with Crippen LogP contribution in [0.3, 0.4) is 0 Å². The molecular formula is C22H19Cl2NO4. The fourth-order valence-electron chi connectivity index (χ4n) is 2.71. The molecular weight excluding hydrogens is 413 g/mol. The van der Waals surface area contributed by atoms with E-state index in [-0.39, 0.29) is 10.6 Å². The molecule has 0 atom stereocenters. The Labute approximate surface area is 178 Å². The molecule has 3 aromatic carbocycles. The molecule has 7 heteroatoms. The van der Waals surface area contributed by atoms with Gasteiger partial charge in [-0.2, -0.15) is 0 Å². The number of carboxylic acid groups (broad SMARTS) is 1. The van der Waals surface area contributed by atoms with E-state index in [1.54, 1.807) is 19.2 Å². The van der Waals surface area contributed by atoms with E-state index < -0.39 is 5.97 Å². The highest BCUT2D eigenvalue weighted by Gasteiger charge is 2.10. The lowest BCUT2D eigenvalue weighted by atomic mass is 10.1. The second kappa shape index (κ2) is 9.54. The van der Waals surface area contributed by atoms with Crippen molar-refractivity contribution in [3.8, 4) is 11.5 Å². The molecule has 0 saturated heterocycles. The molecule has 0 aliphatic carbocycles. The predicted octanol–water partition coefficient (Wildman–Crippen LogP) is 5.89. The molecule has 0 heterocycles. The number of aromatic carboxylic acids is 1. The van der Waals surface area contributed by atoms with Crippen molar-refractivity contribution in [3.05, 3.63) is 87.4 Å². The maximum absolute atomic E-state index is 11.0. The molecule has 0 radical (unpaired) electrons. The molecule has 2 N–H and O–H groups in total. The monoisotopic (exact) mass is 431 g/mol.